The molecule has 2 N–H and O–H groups in total. The Morgan fingerprint density at radius 2 is 2.00 bits per heavy atom. The standard InChI is InChI=1S/C20H18O5/c1-11(2)7-12(20(23)24)8-17-15-5-3-13(21)9-18(15)25-19-10-14(22)4-6-16(17)19/h3-6,9-10,12,21H,1,7-8H2,2H3,(H,23,24). The van der Waals surface area contributed by atoms with Gasteiger partial charge in [0.05, 0.1) is 5.92 Å². The van der Waals surface area contributed by atoms with Crippen molar-refractivity contribution >= 4 is 16.9 Å². The molecule has 0 bridgehead atoms. The normalized spacial score (nSPS) is 12.4. The van der Waals surface area contributed by atoms with Gasteiger partial charge in [0.15, 0.2) is 5.43 Å². The van der Waals surface area contributed by atoms with Crippen LogP contribution in [0.2, 0.25) is 0 Å². The molecule has 1 aliphatic heterocycles. The Balaban J connectivity index is 2.24. The van der Waals surface area contributed by atoms with E-state index < -0.39 is 11.9 Å². The maximum absolute atomic E-state index is 11.7. The summed E-state index contributed by atoms with van der Waals surface area (Å²) in [6, 6.07) is 9.16. The number of fused-ring (bicyclic) bond motifs is 2. The van der Waals surface area contributed by atoms with Gasteiger partial charge in [0.25, 0.3) is 0 Å². The average Bonchev–Trinajstić information content (AvgIpc) is 2.52. The fraction of sp³-hybridized carbons (Fsp3) is 0.200. The van der Waals surface area contributed by atoms with Gasteiger partial charge < -0.3 is 14.6 Å². The number of aromatic hydroxyl groups is 1. The predicted molar refractivity (Wildman–Crippen MR) is 95.0 cm³/mol. The van der Waals surface area contributed by atoms with Crippen molar-refractivity contribution in [1.82, 2.24) is 0 Å². The first-order chi connectivity index (χ1) is 11.8. The molecule has 2 aliphatic rings. The molecule has 3 rings (SSSR count). The van der Waals surface area contributed by atoms with Gasteiger partial charge in [-0.15, -0.1) is 6.58 Å². The molecule has 1 heterocycles. The first-order valence-electron chi connectivity index (χ1n) is 7.91. The van der Waals surface area contributed by atoms with E-state index in [1.165, 1.54) is 24.3 Å². The fourth-order valence-electron chi connectivity index (χ4n) is 3.08. The van der Waals surface area contributed by atoms with Crippen LogP contribution in [0.4, 0.5) is 0 Å². The molecule has 1 aliphatic carbocycles. The molecule has 0 spiro atoms. The van der Waals surface area contributed by atoms with Crippen molar-refractivity contribution in [3.8, 4) is 17.1 Å². The summed E-state index contributed by atoms with van der Waals surface area (Å²) in [5.41, 5.74) is 2.49. The van der Waals surface area contributed by atoms with Gasteiger partial charge in [-0.25, -0.2) is 0 Å². The second-order valence-electron chi connectivity index (χ2n) is 6.32. The predicted octanol–water partition coefficient (Wildman–Crippen LogP) is 3.81. The lowest BCUT2D eigenvalue weighted by atomic mass is 9.88. The van der Waals surface area contributed by atoms with Crippen LogP contribution < -0.4 is 5.43 Å². The molecule has 128 valence electrons. The van der Waals surface area contributed by atoms with Crippen LogP contribution in [0.1, 0.15) is 18.9 Å². The monoisotopic (exact) mass is 338 g/mol. The minimum atomic E-state index is -0.899. The number of carboxylic acids is 1. The Bertz CT molecular complexity index is 999. The summed E-state index contributed by atoms with van der Waals surface area (Å²) < 4.78 is 5.75. The molecule has 0 aromatic heterocycles. The van der Waals surface area contributed by atoms with Crippen molar-refractivity contribution < 1.29 is 19.4 Å². The van der Waals surface area contributed by atoms with Crippen LogP contribution in [0, 0.1) is 5.92 Å². The van der Waals surface area contributed by atoms with E-state index in [9.17, 15) is 19.8 Å². The summed E-state index contributed by atoms with van der Waals surface area (Å²) in [5, 5.41) is 20.0. The van der Waals surface area contributed by atoms with Crippen molar-refractivity contribution in [3.63, 3.8) is 0 Å². The lowest BCUT2D eigenvalue weighted by molar-refractivity contribution is -0.141. The molecule has 0 amide bonds. The van der Waals surface area contributed by atoms with Crippen LogP contribution in [0.15, 0.2) is 57.8 Å². The van der Waals surface area contributed by atoms with Crippen molar-refractivity contribution in [1.29, 1.82) is 0 Å². The number of rotatable bonds is 5. The summed E-state index contributed by atoms with van der Waals surface area (Å²) in [6.07, 6.45) is 0.636. The summed E-state index contributed by atoms with van der Waals surface area (Å²) in [4.78, 5) is 23.3. The lowest BCUT2D eigenvalue weighted by Crippen LogP contribution is -2.17. The molecule has 1 unspecified atom stereocenters. The van der Waals surface area contributed by atoms with E-state index >= 15 is 0 Å². The van der Waals surface area contributed by atoms with Gasteiger partial charge in [-0.05, 0) is 49.6 Å². The Morgan fingerprint density at radius 1 is 1.24 bits per heavy atom. The maximum atomic E-state index is 11.7. The second-order valence-corrected chi connectivity index (χ2v) is 6.32. The number of phenolic OH excluding ortho intramolecular Hbond substituents is 1. The van der Waals surface area contributed by atoms with Gasteiger partial charge in [-0.2, -0.15) is 0 Å². The largest absolute Gasteiger partial charge is 0.508 e. The number of allylic oxidation sites excluding steroid dienone is 1. The Labute approximate surface area is 144 Å². The lowest BCUT2D eigenvalue weighted by Gasteiger charge is -2.18. The van der Waals surface area contributed by atoms with Crippen LogP contribution in [0.5, 0.6) is 5.75 Å². The number of benzene rings is 2. The fourth-order valence-corrected chi connectivity index (χ4v) is 3.08. The molecule has 1 aromatic carbocycles. The highest BCUT2D eigenvalue weighted by Gasteiger charge is 2.23. The van der Waals surface area contributed by atoms with E-state index in [0.29, 0.717) is 23.3 Å². The SMILES string of the molecule is C=C(C)CC(Cc1c2ccc(=O)cc-2oc2cc(O)ccc12)C(=O)O. The van der Waals surface area contributed by atoms with Crippen LogP contribution in [0.25, 0.3) is 22.3 Å². The molecule has 25 heavy (non-hydrogen) atoms. The number of carboxylic acid groups (broad SMARTS) is 1. The third kappa shape index (κ3) is 3.40. The van der Waals surface area contributed by atoms with Crippen LogP contribution in [-0.2, 0) is 11.2 Å². The highest BCUT2D eigenvalue weighted by molar-refractivity contribution is 5.89. The molecule has 1 atom stereocenters. The van der Waals surface area contributed by atoms with E-state index in [1.54, 1.807) is 19.1 Å². The number of phenols is 1. The van der Waals surface area contributed by atoms with Gasteiger partial charge in [0.2, 0.25) is 0 Å². The zero-order valence-corrected chi connectivity index (χ0v) is 13.8. The molecule has 1 aromatic rings. The Hall–Kier alpha value is -3.08. The highest BCUT2D eigenvalue weighted by atomic mass is 16.4. The maximum Gasteiger partial charge on any atom is 0.307 e. The molecule has 0 saturated carbocycles. The minimum absolute atomic E-state index is 0.0385. The summed E-state index contributed by atoms with van der Waals surface area (Å²) in [5.74, 6) is -1.12. The van der Waals surface area contributed by atoms with Gasteiger partial charge in [-0.3, -0.25) is 9.59 Å². The van der Waals surface area contributed by atoms with Gasteiger partial charge in [-0.1, -0.05) is 5.57 Å². The summed E-state index contributed by atoms with van der Waals surface area (Å²) in [6.45, 7) is 5.61. The van der Waals surface area contributed by atoms with Crippen molar-refractivity contribution in [2.45, 2.75) is 19.8 Å². The highest BCUT2D eigenvalue weighted by Crippen LogP contribution is 2.36. The molecule has 0 saturated heterocycles. The first kappa shape index (κ1) is 16.8. The zero-order valence-electron chi connectivity index (χ0n) is 13.8. The van der Waals surface area contributed by atoms with Crippen molar-refractivity contribution in [3.05, 3.63) is 64.3 Å². The van der Waals surface area contributed by atoms with Gasteiger partial charge >= 0.3 is 5.97 Å². The van der Waals surface area contributed by atoms with Crippen LogP contribution >= 0.6 is 0 Å². The topological polar surface area (TPSA) is 87.7 Å². The third-order valence-electron chi connectivity index (χ3n) is 4.18. The number of hydrogen-bond donors (Lipinski definition) is 2. The molecular formula is C20H18O5. The van der Waals surface area contributed by atoms with Crippen molar-refractivity contribution in [2.75, 3.05) is 0 Å². The van der Waals surface area contributed by atoms with Crippen LogP contribution in [-0.4, -0.2) is 16.2 Å². The summed E-state index contributed by atoms with van der Waals surface area (Å²) in [7, 11) is 0. The zero-order chi connectivity index (χ0) is 18.1. The van der Waals surface area contributed by atoms with Crippen molar-refractivity contribution in [2.24, 2.45) is 5.92 Å². The van der Waals surface area contributed by atoms with E-state index in [2.05, 4.69) is 6.58 Å². The molecule has 5 nitrogen and oxygen atoms in total. The quantitative estimate of drug-likeness (QED) is 0.545. The van der Waals surface area contributed by atoms with E-state index in [1.807, 2.05) is 0 Å². The third-order valence-corrected chi connectivity index (χ3v) is 4.18. The van der Waals surface area contributed by atoms with E-state index in [0.717, 1.165) is 16.5 Å². The smallest absolute Gasteiger partial charge is 0.307 e. The van der Waals surface area contributed by atoms with Crippen LogP contribution in [0.3, 0.4) is 0 Å². The van der Waals surface area contributed by atoms with E-state index in [4.69, 9.17) is 4.42 Å². The van der Waals surface area contributed by atoms with E-state index in [-0.39, 0.29) is 17.6 Å². The number of carbonyl (C=O) groups is 1. The molecule has 5 heteroatoms. The number of aliphatic carboxylic acids is 1. The summed E-state index contributed by atoms with van der Waals surface area (Å²) >= 11 is 0. The molecule has 0 fully saturated rings. The molecule has 0 radical (unpaired) electrons. The Kier molecular flexibility index (Phi) is 4.31. The average molecular weight is 338 g/mol. The first-order valence-corrected chi connectivity index (χ1v) is 7.91. The second kappa shape index (κ2) is 6.43. The molecular weight excluding hydrogens is 320 g/mol. The van der Waals surface area contributed by atoms with Gasteiger partial charge in [0.1, 0.15) is 17.1 Å². The number of hydrogen-bond acceptors (Lipinski definition) is 4. The van der Waals surface area contributed by atoms with Gasteiger partial charge in [0, 0.05) is 23.1 Å². The minimum Gasteiger partial charge on any atom is -0.508 e. The Morgan fingerprint density at radius 3 is 2.68 bits per heavy atom.